The van der Waals surface area contributed by atoms with Crippen molar-refractivity contribution < 1.29 is 0 Å². The Morgan fingerprint density at radius 2 is 0.926 bits per heavy atom. The SMILES string of the molecule is N/C=C(\N)c1ccc2ccc(-c3ccc4ccc(-c5ccc(-c6ccc7ccc8ccc(-c9ccccc9)nc8c7n6)c6ccccc56)cc4n3)cc2n1. The minimum Gasteiger partial charge on any atom is -0.403 e. The molecule has 10 rings (SSSR count). The van der Waals surface area contributed by atoms with Gasteiger partial charge in [-0.2, -0.15) is 0 Å². The second-order valence-corrected chi connectivity index (χ2v) is 13.5. The summed E-state index contributed by atoms with van der Waals surface area (Å²) < 4.78 is 0. The first-order chi connectivity index (χ1) is 26.6. The van der Waals surface area contributed by atoms with Crippen LogP contribution in [0.1, 0.15) is 5.69 Å². The first-order valence-corrected chi connectivity index (χ1v) is 17.9. The summed E-state index contributed by atoms with van der Waals surface area (Å²) in [4.78, 5) is 20.3. The van der Waals surface area contributed by atoms with Gasteiger partial charge in [-0.25, -0.2) is 19.9 Å². The highest BCUT2D eigenvalue weighted by molar-refractivity contribution is 6.08. The predicted octanol–water partition coefficient (Wildman–Crippen LogP) is 10.9. The monoisotopic (exact) mass is 692 g/mol. The molecule has 6 aromatic carbocycles. The summed E-state index contributed by atoms with van der Waals surface area (Å²) in [6.07, 6.45) is 1.37. The Balaban J connectivity index is 1.06. The van der Waals surface area contributed by atoms with E-state index in [-0.39, 0.29) is 0 Å². The van der Waals surface area contributed by atoms with Crippen LogP contribution in [0.3, 0.4) is 0 Å². The lowest BCUT2D eigenvalue weighted by Gasteiger charge is -2.13. The standard InChI is InChI=1S/C48H32N6/c49-28-40(50)44-25-17-31-11-15-35(27-46(31)52-44)42-22-16-30-10-14-34(26-45(30)51-42)36-20-21-39(38-9-5-4-8-37(36)38)43-24-19-33-13-12-32-18-23-41(29-6-2-1-3-7-29)53-47(32)48(33)54-43/h1-28H,49-50H2/b40-28-. The van der Waals surface area contributed by atoms with Crippen molar-refractivity contribution in [1.82, 2.24) is 19.9 Å². The molecule has 0 amide bonds. The molecule has 0 atom stereocenters. The lowest BCUT2D eigenvalue weighted by molar-refractivity contribution is 1.30. The van der Waals surface area contributed by atoms with E-state index in [0.717, 1.165) is 99.3 Å². The lowest BCUT2D eigenvalue weighted by Crippen LogP contribution is -2.02. The molecule has 0 bridgehead atoms. The zero-order chi connectivity index (χ0) is 36.2. The van der Waals surface area contributed by atoms with Crippen molar-refractivity contribution in [3.63, 3.8) is 0 Å². The second kappa shape index (κ2) is 12.7. The van der Waals surface area contributed by atoms with E-state index in [1.807, 2.05) is 30.3 Å². The van der Waals surface area contributed by atoms with E-state index in [1.54, 1.807) is 0 Å². The summed E-state index contributed by atoms with van der Waals surface area (Å²) >= 11 is 0. The Labute approximate surface area is 311 Å². The fraction of sp³-hybridized carbons (Fsp3) is 0. The van der Waals surface area contributed by atoms with Crippen molar-refractivity contribution in [3.05, 3.63) is 176 Å². The van der Waals surface area contributed by atoms with Crippen molar-refractivity contribution in [2.75, 3.05) is 0 Å². The predicted molar refractivity (Wildman–Crippen MR) is 223 cm³/mol. The van der Waals surface area contributed by atoms with Crippen molar-refractivity contribution in [3.8, 4) is 44.9 Å². The van der Waals surface area contributed by atoms with Crippen molar-refractivity contribution in [1.29, 1.82) is 0 Å². The first-order valence-electron chi connectivity index (χ1n) is 17.9. The highest BCUT2D eigenvalue weighted by Gasteiger charge is 2.14. The van der Waals surface area contributed by atoms with Crippen LogP contribution in [-0.2, 0) is 0 Å². The number of pyridine rings is 4. The van der Waals surface area contributed by atoms with Crippen molar-refractivity contribution >= 4 is 60.1 Å². The molecule has 10 aromatic rings. The van der Waals surface area contributed by atoms with Gasteiger partial charge in [0.15, 0.2) is 0 Å². The third kappa shape index (κ3) is 5.36. The van der Waals surface area contributed by atoms with Crippen LogP contribution in [0, 0.1) is 0 Å². The Morgan fingerprint density at radius 3 is 1.67 bits per heavy atom. The number of benzene rings is 6. The third-order valence-electron chi connectivity index (χ3n) is 10.3. The summed E-state index contributed by atoms with van der Waals surface area (Å²) in [6, 6.07) is 56.8. The number of rotatable bonds is 5. The molecule has 0 saturated carbocycles. The highest BCUT2D eigenvalue weighted by Crippen LogP contribution is 2.37. The second-order valence-electron chi connectivity index (χ2n) is 13.5. The Hall–Kier alpha value is -7.44. The van der Waals surface area contributed by atoms with E-state index in [2.05, 4.69) is 133 Å². The smallest absolute Gasteiger partial charge is 0.0972 e. The quantitative estimate of drug-likeness (QED) is 0.174. The average molecular weight is 693 g/mol. The van der Waals surface area contributed by atoms with Gasteiger partial charge in [0.2, 0.25) is 0 Å². The summed E-state index contributed by atoms with van der Waals surface area (Å²) in [5.74, 6) is 0. The lowest BCUT2D eigenvalue weighted by atomic mass is 9.93. The van der Waals surface area contributed by atoms with Crippen LogP contribution < -0.4 is 11.5 Å². The fourth-order valence-electron chi connectivity index (χ4n) is 7.43. The van der Waals surface area contributed by atoms with Crippen LogP contribution in [0.5, 0.6) is 0 Å². The molecular formula is C48H32N6. The molecule has 54 heavy (non-hydrogen) atoms. The van der Waals surface area contributed by atoms with E-state index in [1.165, 1.54) is 6.20 Å². The number of fused-ring (bicyclic) bond motifs is 6. The summed E-state index contributed by atoms with van der Waals surface area (Å²) in [5, 5.41) is 6.50. The third-order valence-corrected chi connectivity index (χ3v) is 10.3. The Morgan fingerprint density at radius 1 is 0.407 bits per heavy atom. The molecule has 4 aromatic heterocycles. The maximum Gasteiger partial charge on any atom is 0.0972 e. The van der Waals surface area contributed by atoms with Gasteiger partial charge in [-0.3, -0.25) is 0 Å². The van der Waals surface area contributed by atoms with Gasteiger partial charge in [0.25, 0.3) is 0 Å². The topological polar surface area (TPSA) is 104 Å². The molecule has 0 aliphatic carbocycles. The minimum absolute atomic E-state index is 0.441. The molecule has 0 fully saturated rings. The number of nitrogens with two attached hydrogens (primary N) is 2. The van der Waals surface area contributed by atoms with E-state index in [9.17, 15) is 0 Å². The zero-order valence-electron chi connectivity index (χ0n) is 29.1. The van der Waals surface area contributed by atoms with E-state index in [4.69, 9.17) is 31.4 Å². The number of aromatic nitrogens is 4. The zero-order valence-corrected chi connectivity index (χ0v) is 29.1. The number of hydrogen-bond donors (Lipinski definition) is 2. The first kappa shape index (κ1) is 31.3. The van der Waals surface area contributed by atoms with E-state index in [0.29, 0.717) is 11.4 Å². The molecule has 4 N–H and O–H groups in total. The summed E-state index contributed by atoms with van der Waals surface area (Å²) in [7, 11) is 0. The molecule has 0 spiro atoms. The largest absolute Gasteiger partial charge is 0.403 e. The van der Waals surface area contributed by atoms with Gasteiger partial charge >= 0.3 is 0 Å². The maximum atomic E-state index is 6.05. The van der Waals surface area contributed by atoms with Crippen molar-refractivity contribution in [2.45, 2.75) is 0 Å². The molecule has 0 radical (unpaired) electrons. The number of hydrogen-bond acceptors (Lipinski definition) is 6. The molecule has 4 heterocycles. The molecule has 0 saturated heterocycles. The molecule has 0 unspecified atom stereocenters. The van der Waals surface area contributed by atoms with Crippen LogP contribution in [0.25, 0.3) is 105 Å². The summed E-state index contributed by atoms with van der Waals surface area (Å²) in [6.45, 7) is 0. The van der Waals surface area contributed by atoms with Gasteiger partial charge in [-0.15, -0.1) is 0 Å². The number of nitrogens with zero attached hydrogens (tertiary/aromatic N) is 4. The van der Waals surface area contributed by atoms with Gasteiger partial charge in [0, 0.05) is 44.4 Å². The Kier molecular flexibility index (Phi) is 7.34. The van der Waals surface area contributed by atoms with Crippen LogP contribution in [0.2, 0.25) is 0 Å². The summed E-state index contributed by atoms with van der Waals surface area (Å²) in [5.41, 5.74) is 24.4. The van der Waals surface area contributed by atoms with E-state index >= 15 is 0 Å². The van der Waals surface area contributed by atoms with Crippen LogP contribution in [0.15, 0.2) is 170 Å². The van der Waals surface area contributed by atoms with Gasteiger partial charge in [0.1, 0.15) is 0 Å². The molecule has 6 heteroatoms. The van der Waals surface area contributed by atoms with E-state index < -0.39 is 0 Å². The molecule has 0 aliphatic rings. The Bertz CT molecular complexity index is 3130. The molecular weight excluding hydrogens is 661 g/mol. The molecule has 254 valence electrons. The van der Waals surface area contributed by atoms with Crippen LogP contribution >= 0.6 is 0 Å². The van der Waals surface area contributed by atoms with Crippen LogP contribution in [-0.4, -0.2) is 19.9 Å². The van der Waals surface area contributed by atoms with Gasteiger partial charge in [0.05, 0.1) is 50.5 Å². The average Bonchev–Trinajstić information content (AvgIpc) is 3.24. The van der Waals surface area contributed by atoms with Gasteiger partial charge in [-0.1, -0.05) is 127 Å². The molecule has 0 aliphatic heterocycles. The maximum absolute atomic E-state index is 6.05. The van der Waals surface area contributed by atoms with Crippen molar-refractivity contribution in [2.24, 2.45) is 11.5 Å². The minimum atomic E-state index is 0.441. The highest BCUT2D eigenvalue weighted by atomic mass is 14.8. The van der Waals surface area contributed by atoms with Gasteiger partial charge < -0.3 is 11.5 Å². The fourth-order valence-corrected chi connectivity index (χ4v) is 7.43. The van der Waals surface area contributed by atoms with Crippen LogP contribution in [0.4, 0.5) is 0 Å². The molecule has 6 nitrogen and oxygen atoms in total. The van der Waals surface area contributed by atoms with Gasteiger partial charge in [-0.05, 0) is 58.3 Å². The normalized spacial score (nSPS) is 12.0.